The number of hydrogen-bond acceptors (Lipinski definition) is 4. The highest BCUT2D eigenvalue weighted by Gasteiger charge is 2.69. The Hall–Kier alpha value is -2.42. The van der Waals surface area contributed by atoms with Crippen LogP contribution in [0, 0.1) is 0 Å². The van der Waals surface area contributed by atoms with Gasteiger partial charge in [-0.15, -0.1) is 0 Å². The van der Waals surface area contributed by atoms with Gasteiger partial charge in [-0.1, -0.05) is 12.1 Å². The molecule has 136 valence electrons. The molecule has 9 heteroatoms. The second-order valence-corrected chi connectivity index (χ2v) is 6.84. The van der Waals surface area contributed by atoms with Crippen LogP contribution in [0.25, 0.3) is 0 Å². The summed E-state index contributed by atoms with van der Waals surface area (Å²) >= 11 is 0. The van der Waals surface area contributed by atoms with E-state index in [-0.39, 0.29) is 35.8 Å². The van der Waals surface area contributed by atoms with Gasteiger partial charge in [-0.3, -0.25) is 4.79 Å². The number of alkyl halides is 2. The molecule has 0 aliphatic heterocycles. The standard InChI is InChI=1S/C16H20F2N4O3/c17-13(18)25-11-3-1-2-10(4-11)6-22(12(23)5-21-14(19)24)16-7-15(20,8-16)9-16/h1-4,13H,5-9,20H2,(H3,19,21,24). The maximum atomic E-state index is 12.5. The van der Waals surface area contributed by atoms with Crippen molar-refractivity contribution in [3.05, 3.63) is 29.8 Å². The number of primary amides is 1. The molecule has 0 spiro atoms. The number of nitrogens with two attached hydrogens (primary N) is 2. The normalized spacial score (nSPS) is 26.4. The van der Waals surface area contributed by atoms with Gasteiger partial charge in [-0.05, 0) is 37.0 Å². The zero-order valence-corrected chi connectivity index (χ0v) is 13.5. The van der Waals surface area contributed by atoms with E-state index in [9.17, 15) is 18.4 Å². The zero-order chi connectivity index (χ0) is 18.2. The Morgan fingerprint density at radius 1 is 1.32 bits per heavy atom. The smallest absolute Gasteiger partial charge is 0.387 e. The molecule has 2 bridgehead atoms. The maximum absolute atomic E-state index is 12.5. The lowest BCUT2D eigenvalue weighted by atomic mass is 9.44. The van der Waals surface area contributed by atoms with Gasteiger partial charge < -0.3 is 26.4 Å². The number of hydrogen-bond donors (Lipinski definition) is 3. The van der Waals surface area contributed by atoms with Crippen LogP contribution in [0.15, 0.2) is 24.3 Å². The predicted molar refractivity (Wildman–Crippen MR) is 84.7 cm³/mol. The number of urea groups is 1. The molecular weight excluding hydrogens is 334 g/mol. The van der Waals surface area contributed by atoms with Crippen molar-refractivity contribution in [1.29, 1.82) is 0 Å². The topological polar surface area (TPSA) is 111 Å². The van der Waals surface area contributed by atoms with Crippen LogP contribution < -0.4 is 21.5 Å². The highest BCUT2D eigenvalue weighted by atomic mass is 19.3. The van der Waals surface area contributed by atoms with Crippen molar-refractivity contribution in [2.75, 3.05) is 6.54 Å². The van der Waals surface area contributed by atoms with Gasteiger partial charge >= 0.3 is 12.6 Å². The number of amides is 3. The molecule has 4 rings (SSSR count). The molecule has 3 fully saturated rings. The highest BCUT2D eigenvalue weighted by molar-refractivity contribution is 5.84. The molecule has 0 aromatic heterocycles. The van der Waals surface area contributed by atoms with Crippen molar-refractivity contribution in [1.82, 2.24) is 10.2 Å². The molecule has 0 unspecified atom stereocenters. The van der Waals surface area contributed by atoms with Crippen LogP contribution in [0.2, 0.25) is 0 Å². The SMILES string of the molecule is NC(=O)NCC(=O)N(Cc1cccc(OC(F)F)c1)C12CC(N)(C1)C2. The van der Waals surface area contributed by atoms with Crippen LogP contribution in [0.4, 0.5) is 13.6 Å². The van der Waals surface area contributed by atoms with E-state index < -0.39 is 12.6 Å². The summed E-state index contributed by atoms with van der Waals surface area (Å²) in [6.45, 7) is -2.92. The number of nitrogens with zero attached hydrogens (tertiary/aromatic N) is 1. The third-order valence-corrected chi connectivity index (χ3v) is 4.80. The monoisotopic (exact) mass is 354 g/mol. The third kappa shape index (κ3) is 3.51. The molecule has 5 N–H and O–H groups in total. The molecule has 3 saturated carbocycles. The Balaban J connectivity index is 1.74. The van der Waals surface area contributed by atoms with Crippen LogP contribution in [0.5, 0.6) is 5.75 Å². The van der Waals surface area contributed by atoms with Crippen LogP contribution >= 0.6 is 0 Å². The molecule has 0 radical (unpaired) electrons. The Bertz CT molecular complexity index is 678. The molecule has 25 heavy (non-hydrogen) atoms. The fourth-order valence-electron chi connectivity index (χ4n) is 3.88. The Labute approximate surface area is 143 Å². The van der Waals surface area contributed by atoms with E-state index in [2.05, 4.69) is 10.1 Å². The summed E-state index contributed by atoms with van der Waals surface area (Å²) in [6, 6.07) is 5.42. The number of benzene rings is 1. The first-order chi connectivity index (χ1) is 11.7. The van der Waals surface area contributed by atoms with Gasteiger partial charge in [-0.2, -0.15) is 8.78 Å². The maximum Gasteiger partial charge on any atom is 0.387 e. The van der Waals surface area contributed by atoms with Crippen molar-refractivity contribution in [2.45, 2.75) is 43.5 Å². The Morgan fingerprint density at radius 3 is 2.56 bits per heavy atom. The summed E-state index contributed by atoms with van der Waals surface area (Å²) in [7, 11) is 0. The molecule has 7 nitrogen and oxygen atoms in total. The minimum Gasteiger partial charge on any atom is -0.435 e. The van der Waals surface area contributed by atoms with Crippen molar-refractivity contribution in [2.24, 2.45) is 11.5 Å². The molecule has 0 heterocycles. The van der Waals surface area contributed by atoms with Crippen molar-refractivity contribution >= 4 is 11.9 Å². The van der Waals surface area contributed by atoms with Crippen LogP contribution in [0.1, 0.15) is 24.8 Å². The lowest BCUT2D eigenvalue weighted by Gasteiger charge is -2.72. The van der Waals surface area contributed by atoms with Gasteiger partial charge in [0.25, 0.3) is 0 Å². The average molecular weight is 354 g/mol. The van der Waals surface area contributed by atoms with Crippen LogP contribution in [0.3, 0.4) is 0 Å². The molecule has 3 aliphatic rings. The lowest BCUT2D eigenvalue weighted by molar-refractivity contribution is -0.182. The molecule has 3 aliphatic carbocycles. The van der Waals surface area contributed by atoms with E-state index in [0.29, 0.717) is 24.8 Å². The van der Waals surface area contributed by atoms with Gasteiger partial charge in [0.15, 0.2) is 0 Å². The largest absolute Gasteiger partial charge is 0.435 e. The first-order valence-electron chi connectivity index (χ1n) is 7.88. The Morgan fingerprint density at radius 2 is 2.00 bits per heavy atom. The summed E-state index contributed by atoms with van der Waals surface area (Å²) in [6.07, 6.45) is 2.07. The number of nitrogens with one attached hydrogen (secondary N) is 1. The zero-order valence-electron chi connectivity index (χ0n) is 13.5. The molecule has 0 atom stereocenters. The molecular formula is C16H20F2N4O3. The number of ether oxygens (including phenoxy) is 1. The minimum atomic E-state index is -2.91. The fourth-order valence-corrected chi connectivity index (χ4v) is 3.88. The number of rotatable bonds is 7. The molecule has 0 saturated heterocycles. The second-order valence-electron chi connectivity index (χ2n) is 6.84. The first kappa shape index (κ1) is 17.4. The number of halogens is 2. The lowest BCUT2D eigenvalue weighted by Crippen LogP contribution is -2.82. The van der Waals surface area contributed by atoms with Gasteiger partial charge in [0.2, 0.25) is 5.91 Å². The summed E-state index contributed by atoms with van der Waals surface area (Å²) in [5.74, 6) is -0.260. The van der Waals surface area contributed by atoms with Crippen molar-refractivity contribution < 1.29 is 23.1 Å². The number of carbonyl (C=O) groups excluding carboxylic acids is 2. The fraction of sp³-hybridized carbons (Fsp3) is 0.500. The molecule has 3 amide bonds. The second kappa shape index (κ2) is 6.14. The van der Waals surface area contributed by atoms with E-state index in [1.54, 1.807) is 17.0 Å². The summed E-state index contributed by atoms with van der Waals surface area (Å²) < 4.78 is 29.1. The highest BCUT2D eigenvalue weighted by Crippen LogP contribution is 2.62. The van der Waals surface area contributed by atoms with Crippen LogP contribution in [-0.2, 0) is 11.3 Å². The summed E-state index contributed by atoms with van der Waals surface area (Å²) in [5.41, 5.74) is 11.2. The van der Waals surface area contributed by atoms with E-state index in [4.69, 9.17) is 11.5 Å². The first-order valence-corrected chi connectivity index (χ1v) is 7.88. The average Bonchev–Trinajstić information content (AvgIpc) is 2.46. The van der Waals surface area contributed by atoms with E-state index in [0.717, 1.165) is 0 Å². The molecule has 1 aromatic carbocycles. The predicted octanol–water partition coefficient (Wildman–Crippen LogP) is 0.919. The third-order valence-electron chi connectivity index (χ3n) is 4.80. The van der Waals surface area contributed by atoms with Gasteiger partial charge in [-0.25, -0.2) is 4.79 Å². The summed E-state index contributed by atoms with van der Waals surface area (Å²) in [4.78, 5) is 25.1. The van der Waals surface area contributed by atoms with E-state index in [1.165, 1.54) is 12.1 Å². The van der Waals surface area contributed by atoms with E-state index >= 15 is 0 Å². The van der Waals surface area contributed by atoms with Gasteiger partial charge in [0, 0.05) is 17.6 Å². The van der Waals surface area contributed by atoms with Crippen molar-refractivity contribution in [3.8, 4) is 5.75 Å². The van der Waals surface area contributed by atoms with Gasteiger partial charge in [0.1, 0.15) is 5.75 Å². The van der Waals surface area contributed by atoms with Gasteiger partial charge in [0.05, 0.1) is 6.54 Å². The minimum absolute atomic E-state index is 0.0306. The summed E-state index contributed by atoms with van der Waals surface area (Å²) in [5, 5.41) is 2.29. The Kier molecular flexibility index (Phi) is 4.28. The number of carbonyl (C=O) groups is 2. The quantitative estimate of drug-likeness (QED) is 0.676. The molecule has 1 aromatic rings. The van der Waals surface area contributed by atoms with Crippen LogP contribution in [-0.4, -0.2) is 41.1 Å². The van der Waals surface area contributed by atoms with Crippen molar-refractivity contribution in [3.63, 3.8) is 0 Å². The van der Waals surface area contributed by atoms with E-state index in [1.807, 2.05) is 0 Å².